The molecule has 1 aliphatic carbocycles. The van der Waals surface area contributed by atoms with Crippen LogP contribution in [0.2, 0.25) is 0 Å². The van der Waals surface area contributed by atoms with Crippen LogP contribution in [0.15, 0.2) is 33.6 Å². The number of sulfone groups is 1. The largest absolute Gasteiger partial charge is 0.314 e. The Morgan fingerprint density at radius 3 is 2.86 bits per heavy atom. The number of benzene rings is 1. The van der Waals surface area contributed by atoms with Crippen molar-refractivity contribution in [1.82, 2.24) is 5.32 Å². The van der Waals surface area contributed by atoms with Gasteiger partial charge in [0, 0.05) is 10.5 Å². The molecule has 2 atom stereocenters. The molecule has 21 heavy (non-hydrogen) atoms. The third kappa shape index (κ3) is 4.80. The molecule has 1 aliphatic rings. The predicted octanol–water partition coefficient (Wildman–Crippen LogP) is 3.78. The second-order valence-corrected chi connectivity index (χ2v) is 8.84. The van der Waals surface area contributed by atoms with E-state index in [2.05, 4.69) is 28.2 Å². The lowest BCUT2D eigenvalue weighted by Gasteiger charge is -2.20. The van der Waals surface area contributed by atoms with E-state index >= 15 is 0 Å². The first kappa shape index (κ1) is 17.0. The summed E-state index contributed by atoms with van der Waals surface area (Å²) in [6, 6.07) is 7.50. The van der Waals surface area contributed by atoms with Gasteiger partial charge >= 0.3 is 0 Å². The van der Waals surface area contributed by atoms with Gasteiger partial charge in [-0.2, -0.15) is 0 Å². The lowest BCUT2D eigenvalue weighted by Crippen LogP contribution is -2.33. The zero-order valence-electron chi connectivity index (χ0n) is 12.5. The maximum Gasteiger partial charge on any atom is 0.178 e. The van der Waals surface area contributed by atoms with Gasteiger partial charge in [0.15, 0.2) is 9.84 Å². The van der Waals surface area contributed by atoms with Crippen LogP contribution < -0.4 is 5.32 Å². The highest BCUT2D eigenvalue weighted by Crippen LogP contribution is 2.30. The summed E-state index contributed by atoms with van der Waals surface area (Å²) in [5, 5.41) is 3.56. The van der Waals surface area contributed by atoms with Crippen molar-refractivity contribution in [2.24, 2.45) is 5.92 Å². The first-order chi connectivity index (χ1) is 10.0. The molecule has 1 fully saturated rings. The molecule has 0 aliphatic heterocycles. The average Bonchev–Trinajstić information content (AvgIpc) is 2.90. The lowest BCUT2D eigenvalue weighted by molar-refractivity contribution is 0.391. The van der Waals surface area contributed by atoms with E-state index in [1.54, 1.807) is 18.2 Å². The van der Waals surface area contributed by atoms with Crippen LogP contribution in [0.3, 0.4) is 0 Å². The fourth-order valence-corrected chi connectivity index (χ4v) is 5.06. The first-order valence-electron chi connectivity index (χ1n) is 7.74. The maximum atomic E-state index is 12.4. The minimum Gasteiger partial charge on any atom is -0.314 e. The molecule has 0 heterocycles. The molecule has 1 aromatic rings. The number of nitrogens with one attached hydrogen (secondary N) is 1. The van der Waals surface area contributed by atoms with Gasteiger partial charge in [0.25, 0.3) is 0 Å². The molecular weight excluding hydrogens is 350 g/mol. The second kappa shape index (κ2) is 7.75. The third-order valence-electron chi connectivity index (χ3n) is 4.23. The molecule has 2 unspecified atom stereocenters. The van der Waals surface area contributed by atoms with Crippen molar-refractivity contribution in [2.75, 3.05) is 12.3 Å². The smallest absolute Gasteiger partial charge is 0.178 e. The van der Waals surface area contributed by atoms with Crippen LogP contribution in [0.5, 0.6) is 0 Å². The molecule has 0 bridgehead atoms. The Morgan fingerprint density at radius 1 is 1.33 bits per heavy atom. The lowest BCUT2D eigenvalue weighted by atomic mass is 10.0. The van der Waals surface area contributed by atoms with Crippen LogP contribution in [0.4, 0.5) is 0 Å². The van der Waals surface area contributed by atoms with Gasteiger partial charge < -0.3 is 5.32 Å². The standard InChI is InChI=1S/C16H24BrNO2S/c1-2-10-18-16-8-3-5-13(16)9-11-21(19,20)15-7-4-6-14(17)12-15/h4,6-7,12-13,16,18H,2-3,5,8-11H2,1H3. The van der Waals surface area contributed by atoms with Crippen molar-refractivity contribution in [1.29, 1.82) is 0 Å². The van der Waals surface area contributed by atoms with Gasteiger partial charge in [-0.1, -0.05) is 35.3 Å². The first-order valence-corrected chi connectivity index (χ1v) is 10.2. The Bertz CT molecular complexity index is 559. The zero-order valence-corrected chi connectivity index (χ0v) is 14.9. The molecule has 118 valence electrons. The minimum atomic E-state index is -3.17. The molecule has 0 aromatic heterocycles. The van der Waals surface area contributed by atoms with Gasteiger partial charge in [0.05, 0.1) is 10.6 Å². The molecule has 0 amide bonds. The summed E-state index contributed by atoms with van der Waals surface area (Å²) in [6.45, 7) is 3.19. The van der Waals surface area contributed by atoms with Crippen LogP contribution in [0.25, 0.3) is 0 Å². The summed E-state index contributed by atoms with van der Waals surface area (Å²) in [7, 11) is -3.17. The molecule has 0 spiro atoms. The fourth-order valence-electron chi connectivity index (χ4n) is 3.07. The van der Waals surface area contributed by atoms with Crippen molar-refractivity contribution in [3.8, 4) is 0 Å². The quantitative estimate of drug-likeness (QED) is 0.790. The molecule has 0 saturated heterocycles. The van der Waals surface area contributed by atoms with Crippen LogP contribution in [-0.4, -0.2) is 26.8 Å². The van der Waals surface area contributed by atoms with E-state index in [0.717, 1.165) is 30.3 Å². The molecule has 1 N–H and O–H groups in total. The Balaban J connectivity index is 1.95. The fraction of sp³-hybridized carbons (Fsp3) is 0.625. The summed E-state index contributed by atoms with van der Waals surface area (Å²) in [5.74, 6) is 0.747. The SMILES string of the molecule is CCCNC1CCCC1CCS(=O)(=O)c1cccc(Br)c1. The Labute approximate surface area is 136 Å². The van der Waals surface area contributed by atoms with Crippen LogP contribution in [0, 0.1) is 5.92 Å². The van der Waals surface area contributed by atoms with E-state index in [1.165, 1.54) is 12.8 Å². The topological polar surface area (TPSA) is 46.2 Å². The van der Waals surface area contributed by atoms with Gasteiger partial charge in [-0.05, 0) is 56.3 Å². The van der Waals surface area contributed by atoms with Crippen molar-refractivity contribution >= 4 is 25.8 Å². The Kier molecular flexibility index (Phi) is 6.26. The molecule has 3 nitrogen and oxygen atoms in total. The highest BCUT2D eigenvalue weighted by molar-refractivity contribution is 9.10. The predicted molar refractivity (Wildman–Crippen MR) is 90.2 cm³/mol. The summed E-state index contributed by atoms with van der Waals surface area (Å²) < 4.78 is 25.7. The monoisotopic (exact) mass is 373 g/mol. The van der Waals surface area contributed by atoms with Gasteiger partial charge in [-0.3, -0.25) is 0 Å². The molecule has 5 heteroatoms. The van der Waals surface area contributed by atoms with E-state index in [-0.39, 0.29) is 5.75 Å². The summed E-state index contributed by atoms with van der Waals surface area (Å²) >= 11 is 3.34. The van der Waals surface area contributed by atoms with Gasteiger partial charge in [0.1, 0.15) is 0 Å². The van der Waals surface area contributed by atoms with E-state index < -0.39 is 9.84 Å². The van der Waals surface area contributed by atoms with Gasteiger partial charge in [-0.25, -0.2) is 8.42 Å². The van der Waals surface area contributed by atoms with Crippen LogP contribution in [0.1, 0.15) is 39.0 Å². The zero-order chi connectivity index (χ0) is 15.3. The second-order valence-electron chi connectivity index (χ2n) is 5.82. The molecule has 2 rings (SSSR count). The number of rotatable bonds is 7. The summed E-state index contributed by atoms with van der Waals surface area (Å²) in [6.07, 6.45) is 5.43. The molecule has 0 radical (unpaired) electrons. The number of halogens is 1. The van der Waals surface area contributed by atoms with Crippen molar-refractivity contribution in [3.05, 3.63) is 28.7 Å². The van der Waals surface area contributed by atoms with Crippen molar-refractivity contribution < 1.29 is 8.42 Å². The average molecular weight is 374 g/mol. The number of hydrogen-bond acceptors (Lipinski definition) is 3. The minimum absolute atomic E-state index is 0.248. The van der Waals surface area contributed by atoms with Gasteiger partial charge in [0.2, 0.25) is 0 Å². The molecule has 1 aromatic carbocycles. The highest BCUT2D eigenvalue weighted by atomic mass is 79.9. The normalized spacial score (nSPS) is 22.6. The highest BCUT2D eigenvalue weighted by Gasteiger charge is 2.28. The van der Waals surface area contributed by atoms with Crippen molar-refractivity contribution in [2.45, 2.75) is 50.0 Å². The molecular formula is C16H24BrNO2S. The molecule has 1 saturated carbocycles. The Morgan fingerprint density at radius 2 is 2.14 bits per heavy atom. The van der Waals surface area contributed by atoms with E-state index in [1.807, 2.05) is 6.07 Å². The van der Waals surface area contributed by atoms with Crippen LogP contribution in [-0.2, 0) is 9.84 Å². The van der Waals surface area contributed by atoms with Crippen molar-refractivity contribution in [3.63, 3.8) is 0 Å². The number of hydrogen-bond donors (Lipinski definition) is 1. The summed E-state index contributed by atoms with van der Waals surface area (Å²) in [4.78, 5) is 0.424. The summed E-state index contributed by atoms with van der Waals surface area (Å²) in [5.41, 5.74) is 0. The van der Waals surface area contributed by atoms with Gasteiger partial charge in [-0.15, -0.1) is 0 Å². The third-order valence-corrected chi connectivity index (χ3v) is 6.47. The maximum absolute atomic E-state index is 12.4. The van der Waals surface area contributed by atoms with Crippen LogP contribution >= 0.6 is 15.9 Å². The van der Waals surface area contributed by atoms with E-state index in [0.29, 0.717) is 16.9 Å². The Hall–Kier alpha value is -0.390. The van der Waals surface area contributed by atoms with E-state index in [4.69, 9.17) is 0 Å². The van der Waals surface area contributed by atoms with E-state index in [9.17, 15) is 8.42 Å².